The molecule has 5 nitrogen and oxygen atoms in total. The lowest BCUT2D eigenvalue weighted by atomic mass is 10.1. The molecular weight excluding hydrogens is 240 g/mol. The highest BCUT2D eigenvalue weighted by atomic mass is 16.1. The van der Waals surface area contributed by atoms with E-state index in [0.717, 1.165) is 24.1 Å². The summed E-state index contributed by atoms with van der Waals surface area (Å²) in [5.74, 6) is 0.384. The molecule has 0 radical (unpaired) electrons. The highest BCUT2D eigenvalue weighted by Crippen LogP contribution is 2.10. The van der Waals surface area contributed by atoms with Crippen LogP contribution in [0, 0.1) is 0 Å². The van der Waals surface area contributed by atoms with Gasteiger partial charge in [0.15, 0.2) is 5.82 Å². The lowest BCUT2D eigenvalue weighted by molar-refractivity contribution is 0.102. The molecule has 2 aromatic rings. The Bertz CT molecular complexity index is 545. The number of aromatic nitrogens is 2. The second kappa shape index (κ2) is 6.15. The maximum absolute atomic E-state index is 12.0. The zero-order valence-corrected chi connectivity index (χ0v) is 10.9. The largest absolute Gasteiger partial charge is 0.326 e. The van der Waals surface area contributed by atoms with Crippen LogP contribution in [0.4, 0.5) is 5.82 Å². The van der Waals surface area contributed by atoms with Crippen molar-refractivity contribution in [2.45, 2.75) is 26.3 Å². The minimum absolute atomic E-state index is 0.168. The van der Waals surface area contributed by atoms with Crippen molar-refractivity contribution in [3.8, 4) is 0 Å². The van der Waals surface area contributed by atoms with Gasteiger partial charge in [0.2, 0.25) is 0 Å². The van der Waals surface area contributed by atoms with Crippen molar-refractivity contribution in [1.29, 1.82) is 0 Å². The second-order valence-corrected chi connectivity index (χ2v) is 4.38. The number of nitrogens with two attached hydrogens (primary N) is 1. The average Bonchev–Trinajstić information content (AvgIpc) is 2.86. The molecule has 0 atom stereocenters. The number of amides is 1. The van der Waals surface area contributed by atoms with Gasteiger partial charge in [-0.3, -0.25) is 9.89 Å². The Hall–Kier alpha value is -2.14. The smallest absolute Gasteiger partial charge is 0.256 e. The van der Waals surface area contributed by atoms with Gasteiger partial charge in [-0.15, -0.1) is 0 Å². The van der Waals surface area contributed by atoms with Crippen molar-refractivity contribution in [1.82, 2.24) is 10.2 Å². The monoisotopic (exact) mass is 258 g/mol. The number of H-pyrrole nitrogens is 1. The molecule has 0 saturated carbocycles. The molecule has 100 valence electrons. The minimum atomic E-state index is -0.168. The summed E-state index contributed by atoms with van der Waals surface area (Å²) in [6.07, 6.45) is 1.96. The van der Waals surface area contributed by atoms with Crippen LogP contribution < -0.4 is 11.1 Å². The fourth-order valence-electron chi connectivity index (χ4n) is 1.80. The number of rotatable bonds is 5. The van der Waals surface area contributed by atoms with Crippen LogP contribution in [-0.2, 0) is 13.0 Å². The van der Waals surface area contributed by atoms with Gasteiger partial charge < -0.3 is 11.1 Å². The number of nitrogens with zero attached hydrogens (tertiary/aromatic N) is 1. The molecule has 0 aliphatic heterocycles. The van der Waals surface area contributed by atoms with Crippen molar-refractivity contribution in [3.05, 3.63) is 47.2 Å². The number of carbonyl (C=O) groups excluding carboxylic acids is 1. The van der Waals surface area contributed by atoms with Gasteiger partial charge in [0, 0.05) is 23.9 Å². The normalized spacial score (nSPS) is 10.4. The van der Waals surface area contributed by atoms with Crippen LogP contribution in [0.15, 0.2) is 30.3 Å². The summed E-state index contributed by atoms with van der Waals surface area (Å²) in [7, 11) is 0. The summed E-state index contributed by atoms with van der Waals surface area (Å²) < 4.78 is 0. The Morgan fingerprint density at radius 1 is 1.37 bits per heavy atom. The Labute approximate surface area is 112 Å². The van der Waals surface area contributed by atoms with E-state index in [1.807, 2.05) is 18.2 Å². The highest BCUT2D eigenvalue weighted by molar-refractivity contribution is 6.03. The van der Waals surface area contributed by atoms with E-state index in [4.69, 9.17) is 5.73 Å². The van der Waals surface area contributed by atoms with Gasteiger partial charge in [-0.25, -0.2) is 0 Å². The third-order valence-corrected chi connectivity index (χ3v) is 2.84. The van der Waals surface area contributed by atoms with Crippen LogP contribution in [0.3, 0.4) is 0 Å². The van der Waals surface area contributed by atoms with Crippen LogP contribution >= 0.6 is 0 Å². The number of nitrogens with one attached hydrogen (secondary N) is 2. The first-order valence-electron chi connectivity index (χ1n) is 6.37. The molecule has 1 amide bonds. The average molecular weight is 258 g/mol. The SMILES string of the molecule is CCCc1cc(NC(=O)c2ccc(CN)cc2)n[nH]1. The Balaban J connectivity index is 2.02. The third-order valence-electron chi connectivity index (χ3n) is 2.84. The van der Waals surface area contributed by atoms with E-state index in [-0.39, 0.29) is 5.91 Å². The molecule has 0 unspecified atom stereocenters. The standard InChI is InChI=1S/C14H18N4O/c1-2-3-12-8-13(18-17-12)16-14(19)11-6-4-10(9-15)5-7-11/h4-8H,2-3,9,15H2,1H3,(H2,16,17,18,19). The fraction of sp³-hybridized carbons (Fsp3) is 0.286. The maximum Gasteiger partial charge on any atom is 0.256 e. The summed E-state index contributed by atoms with van der Waals surface area (Å²) in [5, 5.41) is 9.72. The molecule has 5 heteroatoms. The molecule has 2 rings (SSSR count). The van der Waals surface area contributed by atoms with E-state index in [1.165, 1.54) is 0 Å². The zero-order valence-electron chi connectivity index (χ0n) is 10.9. The summed E-state index contributed by atoms with van der Waals surface area (Å²) in [4.78, 5) is 12.0. The van der Waals surface area contributed by atoms with Gasteiger partial charge in [-0.05, 0) is 24.1 Å². The predicted octanol–water partition coefficient (Wildman–Crippen LogP) is 2.07. The van der Waals surface area contributed by atoms with Gasteiger partial charge in [0.1, 0.15) is 0 Å². The topological polar surface area (TPSA) is 83.8 Å². The van der Waals surface area contributed by atoms with Crippen LogP contribution in [-0.4, -0.2) is 16.1 Å². The summed E-state index contributed by atoms with van der Waals surface area (Å²) >= 11 is 0. The van der Waals surface area contributed by atoms with E-state index < -0.39 is 0 Å². The molecule has 0 saturated heterocycles. The first-order valence-corrected chi connectivity index (χ1v) is 6.37. The quantitative estimate of drug-likeness (QED) is 0.767. The predicted molar refractivity (Wildman–Crippen MR) is 74.9 cm³/mol. The van der Waals surface area contributed by atoms with E-state index in [1.54, 1.807) is 12.1 Å². The van der Waals surface area contributed by atoms with Crippen LogP contribution in [0.25, 0.3) is 0 Å². The zero-order chi connectivity index (χ0) is 13.7. The summed E-state index contributed by atoms with van der Waals surface area (Å²) in [5.41, 5.74) is 8.14. The van der Waals surface area contributed by atoms with Gasteiger partial charge >= 0.3 is 0 Å². The van der Waals surface area contributed by atoms with Crippen LogP contribution in [0.2, 0.25) is 0 Å². The Morgan fingerprint density at radius 2 is 2.11 bits per heavy atom. The van der Waals surface area contributed by atoms with Crippen molar-refractivity contribution in [2.75, 3.05) is 5.32 Å². The molecule has 0 bridgehead atoms. The van der Waals surface area contributed by atoms with Crippen molar-refractivity contribution < 1.29 is 4.79 Å². The maximum atomic E-state index is 12.0. The molecule has 1 heterocycles. The van der Waals surface area contributed by atoms with E-state index >= 15 is 0 Å². The van der Waals surface area contributed by atoms with Gasteiger partial charge in [-0.2, -0.15) is 5.10 Å². The highest BCUT2D eigenvalue weighted by Gasteiger charge is 2.08. The Morgan fingerprint density at radius 3 is 2.74 bits per heavy atom. The van der Waals surface area contributed by atoms with E-state index in [0.29, 0.717) is 17.9 Å². The Kier molecular flexibility index (Phi) is 4.30. The first-order chi connectivity index (χ1) is 9.22. The van der Waals surface area contributed by atoms with Crippen molar-refractivity contribution in [3.63, 3.8) is 0 Å². The van der Waals surface area contributed by atoms with Crippen LogP contribution in [0.1, 0.15) is 35.0 Å². The molecule has 0 aliphatic rings. The van der Waals surface area contributed by atoms with Gasteiger partial charge in [0.25, 0.3) is 5.91 Å². The van der Waals surface area contributed by atoms with E-state index in [9.17, 15) is 4.79 Å². The number of carbonyl (C=O) groups is 1. The molecule has 0 aliphatic carbocycles. The fourth-order valence-corrected chi connectivity index (χ4v) is 1.80. The molecule has 19 heavy (non-hydrogen) atoms. The molecule has 1 aromatic heterocycles. The van der Waals surface area contributed by atoms with Gasteiger partial charge in [0.05, 0.1) is 0 Å². The lowest BCUT2D eigenvalue weighted by Crippen LogP contribution is -2.12. The number of anilines is 1. The second-order valence-electron chi connectivity index (χ2n) is 4.38. The van der Waals surface area contributed by atoms with E-state index in [2.05, 4.69) is 22.4 Å². The minimum Gasteiger partial charge on any atom is -0.326 e. The lowest BCUT2D eigenvalue weighted by Gasteiger charge is -2.02. The number of hydrogen-bond acceptors (Lipinski definition) is 3. The summed E-state index contributed by atoms with van der Waals surface area (Å²) in [6.45, 7) is 2.57. The number of benzene rings is 1. The molecule has 0 spiro atoms. The van der Waals surface area contributed by atoms with Gasteiger partial charge in [-0.1, -0.05) is 25.5 Å². The number of aromatic amines is 1. The number of hydrogen-bond donors (Lipinski definition) is 3. The molecule has 0 fully saturated rings. The van der Waals surface area contributed by atoms with Crippen LogP contribution in [0.5, 0.6) is 0 Å². The summed E-state index contributed by atoms with van der Waals surface area (Å²) in [6, 6.07) is 9.08. The van der Waals surface area contributed by atoms with Crippen molar-refractivity contribution in [2.24, 2.45) is 5.73 Å². The van der Waals surface area contributed by atoms with Crippen molar-refractivity contribution >= 4 is 11.7 Å². The molecule has 1 aromatic carbocycles. The number of aryl methyl sites for hydroxylation is 1. The molecular formula is C14H18N4O. The third kappa shape index (κ3) is 3.42. The molecule has 4 N–H and O–H groups in total. The first kappa shape index (κ1) is 13.3.